The van der Waals surface area contributed by atoms with Gasteiger partial charge in [-0.3, -0.25) is 4.79 Å². The molecule has 2 rings (SSSR count). The molecule has 0 aliphatic rings. The fraction of sp³-hybridized carbons (Fsp3) is 0.214. The van der Waals surface area contributed by atoms with Gasteiger partial charge in [0.15, 0.2) is 12.0 Å². The second kappa shape index (κ2) is 6.01. The Balaban J connectivity index is 2.37. The third-order valence-corrected chi connectivity index (χ3v) is 2.68. The van der Waals surface area contributed by atoms with Crippen LogP contribution >= 0.6 is 0 Å². The SMILES string of the molecule is CCOC(=O)c1nn(-c2ccc(OC)cc2)cc1C=O. The molecule has 6 nitrogen and oxygen atoms in total. The molecule has 1 heterocycles. The number of carbonyl (C=O) groups is 2. The van der Waals surface area contributed by atoms with Gasteiger partial charge in [0.25, 0.3) is 0 Å². The molecule has 0 saturated heterocycles. The summed E-state index contributed by atoms with van der Waals surface area (Å²) in [5.74, 6) is 0.101. The third-order valence-electron chi connectivity index (χ3n) is 2.68. The van der Waals surface area contributed by atoms with Crippen molar-refractivity contribution in [3.05, 3.63) is 41.7 Å². The molecule has 6 heteroatoms. The van der Waals surface area contributed by atoms with Crippen LogP contribution in [0.5, 0.6) is 5.75 Å². The molecule has 1 aromatic heterocycles. The van der Waals surface area contributed by atoms with Gasteiger partial charge < -0.3 is 9.47 Å². The van der Waals surface area contributed by atoms with Crippen molar-refractivity contribution in [1.29, 1.82) is 0 Å². The molecule has 104 valence electrons. The van der Waals surface area contributed by atoms with Crippen LogP contribution in [-0.2, 0) is 4.74 Å². The zero-order valence-corrected chi connectivity index (χ0v) is 11.2. The van der Waals surface area contributed by atoms with Crippen LogP contribution in [0.2, 0.25) is 0 Å². The lowest BCUT2D eigenvalue weighted by Crippen LogP contribution is -2.08. The van der Waals surface area contributed by atoms with Crippen molar-refractivity contribution < 1.29 is 19.1 Å². The standard InChI is InChI=1S/C14H14N2O4/c1-3-20-14(18)13-10(9-17)8-16(15-13)11-4-6-12(19-2)7-5-11/h4-9H,3H2,1-2H3. The van der Waals surface area contributed by atoms with Crippen molar-refractivity contribution in [3.8, 4) is 11.4 Å². The van der Waals surface area contributed by atoms with Gasteiger partial charge in [0.05, 0.1) is 25.0 Å². The Morgan fingerprint density at radius 2 is 2.05 bits per heavy atom. The third kappa shape index (κ3) is 2.69. The molecule has 20 heavy (non-hydrogen) atoms. The van der Waals surface area contributed by atoms with Crippen molar-refractivity contribution in [2.75, 3.05) is 13.7 Å². The van der Waals surface area contributed by atoms with E-state index < -0.39 is 5.97 Å². The monoisotopic (exact) mass is 274 g/mol. The molecule has 0 bridgehead atoms. The van der Waals surface area contributed by atoms with Crippen molar-refractivity contribution in [1.82, 2.24) is 9.78 Å². The van der Waals surface area contributed by atoms with Crippen molar-refractivity contribution in [3.63, 3.8) is 0 Å². The van der Waals surface area contributed by atoms with Crippen molar-refractivity contribution >= 4 is 12.3 Å². The Kier molecular flexibility index (Phi) is 4.14. The number of benzene rings is 1. The highest BCUT2D eigenvalue weighted by molar-refractivity contribution is 5.96. The average Bonchev–Trinajstić information content (AvgIpc) is 2.92. The summed E-state index contributed by atoms with van der Waals surface area (Å²) in [7, 11) is 1.58. The van der Waals surface area contributed by atoms with Crippen LogP contribution in [0.4, 0.5) is 0 Å². The predicted octanol–water partition coefficient (Wildman–Crippen LogP) is 1.87. The summed E-state index contributed by atoms with van der Waals surface area (Å²) in [4.78, 5) is 22.7. The molecule has 1 aromatic carbocycles. The first-order valence-corrected chi connectivity index (χ1v) is 6.06. The molecule has 0 fully saturated rings. The van der Waals surface area contributed by atoms with Gasteiger partial charge in [-0.1, -0.05) is 0 Å². The first-order chi connectivity index (χ1) is 9.69. The first-order valence-electron chi connectivity index (χ1n) is 6.06. The Bertz CT molecular complexity index is 617. The smallest absolute Gasteiger partial charge is 0.359 e. The van der Waals surface area contributed by atoms with Crippen LogP contribution in [-0.4, -0.2) is 35.8 Å². The van der Waals surface area contributed by atoms with Gasteiger partial charge in [-0.25, -0.2) is 9.48 Å². The van der Waals surface area contributed by atoms with Crippen LogP contribution < -0.4 is 4.74 Å². The maximum atomic E-state index is 11.7. The van der Waals surface area contributed by atoms with Crippen LogP contribution in [0.3, 0.4) is 0 Å². The number of rotatable bonds is 5. The first kappa shape index (κ1) is 13.8. The van der Waals surface area contributed by atoms with E-state index >= 15 is 0 Å². The minimum Gasteiger partial charge on any atom is -0.497 e. The molecule has 0 atom stereocenters. The van der Waals surface area contributed by atoms with E-state index in [2.05, 4.69) is 5.10 Å². The number of aromatic nitrogens is 2. The van der Waals surface area contributed by atoms with Crippen molar-refractivity contribution in [2.24, 2.45) is 0 Å². The normalized spacial score (nSPS) is 10.1. The highest BCUT2D eigenvalue weighted by Crippen LogP contribution is 2.16. The van der Waals surface area contributed by atoms with E-state index in [0.717, 1.165) is 0 Å². The zero-order chi connectivity index (χ0) is 14.5. The van der Waals surface area contributed by atoms with Gasteiger partial charge in [-0.05, 0) is 31.2 Å². The number of aldehydes is 1. The Hall–Kier alpha value is -2.63. The number of esters is 1. The summed E-state index contributed by atoms with van der Waals surface area (Å²) in [6.45, 7) is 1.92. The largest absolute Gasteiger partial charge is 0.497 e. The van der Waals surface area contributed by atoms with E-state index in [1.54, 1.807) is 38.3 Å². The number of hydrogen-bond acceptors (Lipinski definition) is 5. The molecule has 0 aliphatic heterocycles. The molecule has 0 amide bonds. The summed E-state index contributed by atoms with van der Waals surface area (Å²) in [6.07, 6.45) is 2.07. The quantitative estimate of drug-likeness (QED) is 0.615. The molecule has 0 unspecified atom stereocenters. The van der Waals surface area contributed by atoms with Gasteiger partial charge in [0.2, 0.25) is 0 Å². The van der Waals surface area contributed by atoms with Crippen molar-refractivity contribution in [2.45, 2.75) is 6.92 Å². The molecule has 0 saturated carbocycles. The van der Waals surface area contributed by atoms with Crippen LogP contribution in [0.25, 0.3) is 5.69 Å². The number of carbonyl (C=O) groups excluding carboxylic acids is 2. The average molecular weight is 274 g/mol. The lowest BCUT2D eigenvalue weighted by Gasteiger charge is -2.03. The molecule has 0 spiro atoms. The molecule has 0 N–H and O–H groups in total. The van der Waals surface area contributed by atoms with E-state index in [9.17, 15) is 9.59 Å². The lowest BCUT2D eigenvalue weighted by molar-refractivity contribution is 0.0517. The van der Waals surface area contributed by atoms with E-state index in [1.807, 2.05) is 0 Å². The fourth-order valence-electron chi connectivity index (χ4n) is 1.70. The molecular weight excluding hydrogens is 260 g/mol. The zero-order valence-electron chi connectivity index (χ0n) is 11.2. The van der Waals surface area contributed by atoms with Gasteiger partial charge >= 0.3 is 5.97 Å². The molecule has 2 aromatic rings. The van der Waals surface area contributed by atoms with E-state index in [1.165, 1.54) is 10.9 Å². The van der Waals surface area contributed by atoms with Gasteiger partial charge in [-0.2, -0.15) is 5.10 Å². The minimum absolute atomic E-state index is 0.0117. The molecule has 0 radical (unpaired) electrons. The Labute approximate surface area is 115 Å². The molecule has 0 aliphatic carbocycles. The van der Waals surface area contributed by atoms with Crippen LogP contribution in [0.15, 0.2) is 30.5 Å². The van der Waals surface area contributed by atoms with Gasteiger partial charge in [0, 0.05) is 6.20 Å². The summed E-state index contributed by atoms with van der Waals surface area (Å²) >= 11 is 0. The van der Waals surface area contributed by atoms with Crippen LogP contribution in [0.1, 0.15) is 27.8 Å². The summed E-state index contributed by atoms with van der Waals surface area (Å²) < 4.78 is 11.4. The minimum atomic E-state index is -0.609. The fourth-order valence-corrected chi connectivity index (χ4v) is 1.70. The number of methoxy groups -OCH3 is 1. The number of hydrogen-bond donors (Lipinski definition) is 0. The summed E-state index contributed by atoms with van der Waals surface area (Å²) in [5.41, 5.74) is 0.918. The van der Waals surface area contributed by atoms with E-state index in [0.29, 0.717) is 17.7 Å². The van der Waals surface area contributed by atoms with Crippen LogP contribution in [0, 0.1) is 0 Å². The Morgan fingerprint density at radius 3 is 2.60 bits per heavy atom. The van der Waals surface area contributed by atoms with E-state index in [4.69, 9.17) is 9.47 Å². The maximum absolute atomic E-state index is 11.7. The van der Waals surface area contributed by atoms with Gasteiger partial charge in [-0.15, -0.1) is 0 Å². The maximum Gasteiger partial charge on any atom is 0.359 e. The predicted molar refractivity (Wildman–Crippen MR) is 71.5 cm³/mol. The number of nitrogens with zero attached hydrogens (tertiary/aromatic N) is 2. The Morgan fingerprint density at radius 1 is 1.35 bits per heavy atom. The highest BCUT2D eigenvalue weighted by Gasteiger charge is 2.18. The number of ether oxygens (including phenoxy) is 2. The summed E-state index contributed by atoms with van der Waals surface area (Å²) in [6, 6.07) is 7.08. The highest BCUT2D eigenvalue weighted by atomic mass is 16.5. The summed E-state index contributed by atoms with van der Waals surface area (Å²) in [5, 5.41) is 4.10. The van der Waals surface area contributed by atoms with Gasteiger partial charge in [0.1, 0.15) is 5.75 Å². The topological polar surface area (TPSA) is 70.4 Å². The second-order valence-electron chi connectivity index (χ2n) is 3.91. The van der Waals surface area contributed by atoms with E-state index in [-0.39, 0.29) is 17.9 Å². The molecular formula is C14H14N2O4. The second-order valence-corrected chi connectivity index (χ2v) is 3.91. The lowest BCUT2D eigenvalue weighted by atomic mass is 10.3.